The summed E-state index contributed by atoms with van der Waals surface area (Å²) in [7, 11) is -3.84. The van der Waals surface area contributed by atoms with Gasteiger partial charge in [0, 0.05) is 6.54 Å². The van der Waals surface area contributed by atoms with Crippen molar-refractivity contribution in [2.75, 3.05) is 25.4 Å². The van der Waals surface area contributed by atoms with Crippen LogP contribution in [-0.2, 0) is 14.8 Å². The van der Waals surface area contributed by atoms with Gasteiger partial charge in [0.2, 0.25) is 15.9 Å². The molecule has 33 heavy (non-hydrogen) atoms. The van der Waals surface area contributed by atoms with E-state index in [-0.39, 0.29) is 29.5 Å². The molecule has 3 rings (SSSR count). The minimum absolute atomic E-state index is 0.00990. The van der Waals surface area contributed by atoms with E-state index in [1.807, 2.05) is 0 Å². The Morgan fingerprint density at radius 1 is 1.24 bits per heavy atom. The maximum absolute atomic E-state index is 15.0. The first kappa shape index (κ1) is 25.4. The molecule has 0 aromatic heterocycles. The molecule has 1 aliphatic heterocycles. The predicted octanol–water partition coefficient (Wildman–Crippen LogP) is 3.05. The molecule has 8 nitrogen and oxygen atoms in total. The number of benzene rings is 1. The highest BCUT2D eigenvalue weighted by molar-refractivity contribution is 7.89. The van der Waals surface area contributed by atoms with Crippen molar-refractivity contribution < 1.29 is 31.5 Å². The van der Waals surface area contributed by atoms with E-state index in [4.69, 9.17) is 4.74 Å². The molecule has 0 spiro atoms. The third-order valence-corrected chi connectivity index (χ3v) is 7.07. The van der Waals surface area contributed by atoms with Crippen LogP contribution in [0.5, 0.6) is 5.75 Å². The first-order chi connectivity index (χ1) is 15.4. The number of urea groups is 1. The Balaban J connectivity index is 1.56. The molecule has 0 unspecified atom stereocenters. The fraction of sp³-hybridized carbons (Fsp3) is 0.636. The topological polar surface area (TPSA) is 105 Å². The van der Waals surface area contributed by atoms with Crippen molar-refractivity contribution in [3.05, 3.63) is 29.6 Å². The van der Waals surface area contributed by atoms with Crippen LogP contribution in [0.3, 0.4) is 0 Å². The van der Waals surface area contributed by atoms with Crippen LogP contribution in [0.25, 0.3) is 0 Å². The Labute approximate surface area is 193 Å². The molecule has 184 valence electrons. The zero-order valence-electron chi connectivity index (χ0n) is 18.9. The number of nitrogens with zero attached hydrogens (tertiary/aromatic N) is 1. The Kier molecular flexibility index (Phi) is 7.94. The van der Waals surface area contributed by atoms with Gasteiger partial charge in [-0.2, -0.15) is 0 Å². The summed E-state index contributed by atoms with van der Waals surface area (Å²) in [6.07, 6.45) is 3.42. The number of halogens is 2. The minimum Gasteiger partial charge on any atom is -0.490 e. The number of unbranched alkanes of at least 4 members (excludes halogenated alkanes) is 2. The lowest BCUT2D eigenvalue weighted by Crippen LogP contribution is -2.40. The maximum atomic E-state index is 15.0. The predicted molar refractivity (Wildman–Crippen MR) is 118 cm³/mol. The molecule has 1 aromatic carbocycles. The van der Waals surface area contributed by atoms with Crippen molar-refractivity contribution in [3.8, 4) is 5.75 Å². The van der Waals surface area contributed by atoms with Crippen LogP contribution >= 0.6 is 0 Å². The summed E-state index contributed by atoms with van der Waals surface area (Å²) in [6, 6.07) is 2.21. The van der Waals surface area contributed by atoms with Crippen molar-refractivity contribution >= 4 is 22.0 Å². The lowest BCUT2D eigenvalue weighted by atomic mass is 9.94. The van der Waals surface area contributed by atoms with Gasteiger partial charge in [-0.15, -0.1) is 0 Å². The molecule has 2 aliphatic rings. The van der Waals surface area contributed by atoms with Gasteiger partial charge in [-0.05, 0) is 63.1 Å². The Morgan fingerprint density at radius 3 is 2.58 bits per heavy atom. The number of hydrogen-bond acceptors (Lipinski definition) is 5. The number of alkyl halides is 1. The van der Waals surface area contributed by atoms with Crippen molar-refractivity contribution in [2.24, 2.45) is 5.92 Å². The third-order valence-electron chi connectivity index (χ3n) is 5.65. The summed E-state index contributed by atoms with van der Waals surface area (Å²) in [5.41, 5.74) is -1.67. The number of rotatable bonds is 13. The third kappa shape index (κ3) is 7.63. The fourth-order valence-electron chi connectivity index (χ4n) is 3.58. The summed E-state index contributed by atoms with van der Waals surface area (Å²) in [5.74, 6) is -0.770. The smallest absolute Gasteiger partial charge is 0.324 e. The van der Waals surface area contributed by atoms with Gasteiger partial charge in [0.1, 0.15) is 12.2 Å². The van der Waals surface area contributed by atoms with E-state index in [2.05, 4.69) is 10.0 Å². The molecule has 1 aromatic rings. The van der Waals surface area contributed by atoms with Gasteiger partial charge in [-0.25, -0.2) is 26.7 Å². The van der Waals surface area contributed by atoms with E-state index in [1.54, 1.807) is 0 Å². The first-order valence-electron chi connectivity index (χ1n) is 11.1. The second-order valence-corrected chi connectivity index (χ2v) is 11.1. The number of amides is 3. The van der Waals surface area contributed by atoms with Gasteiger partial charge in [0.05, 0.1) is 18.4 Å². The summed E-state index contributed by atoms with van der Waals surface area (Å²) >= 11 is 0. The largest absolute Gasteiger partial charge is 0.490 e. The maximum Gasteiger partial charge on any atom is 0.324 e. The number of nitrogens with one attached hydrogen (secondary N) is 2. The lowest BCUT2D eigenvalue weighted by Gasteiger charge is -2.28. The van der Waals surface area contributed by atoms with Crippen LogP contribution < -0.4 is 14.8 Å². The normalized spacial score (nSPS) is 17.9. The highest BCUT2D eigenvalue weighted by Gasteiger charge is 2.35. The van der Waals surface area contributed by atoms with Crippen LogP contribution in [0.1, 0.15) is 57.6 Å². The molecule has 0 bridgehead atoms. The molecule has 2 fully saturated rings. The summed E-state index contributed by atoms with van der Waals surface area (Å²) in [5, 5.41) is 2.18. The summed E-state index contributed by atoms with van der Waals surface area (Å²) in [4.78, 5) is 24.0. The fourth-order valence-corrected chi connectivity index (χ4v) is 5.06. The standard InChI is InChI=1S/C22H31F2N3O5S/c1-22(2,24)20(16-8-9-17(23)18(12-16)32-14-15-6-7-15)26-33(30,31)11-5-3-4-10-27-13-19(28)25-21(27)29/h8-9,12,15,20,26H,3-7,10-11,13-14H2,1-2H3,(H,25,28,29)/t20-/m0/s1. The molecule has 3 amide bonds. The average Bonchev–Trinajstić information content (AvgIpc) is 3.48. The molecule has 1 heterocycles. The van der Waals surface area contributed by atoms with Crippen LogP contribution in [-0.4, -0.2) is 56.4 Å². The van der Waals surface area contributed by atoms with Gasteiger partial charge in [0.15, 0.2) is 11.6 Å². The molecule has 1 saturated carbocycles. The van der Waals surface area contributed by atoms with Crippen LogP contribution in [0.15, 0.2) is 18.2 Å². The number of carbonyl (C=O) groups is 2. The number of carbonyl (C=O) groups excluding carboxylic acids is 2. The van der Waals surface area contributed by atoms with Gasteiger partial charge in [-0.3, -0.25) is 10.1 Å². The molecule has 0 radical (unpaired) electrons. The van der Waals surface area contributed by atoms with Crippen LogP contribution in [0.4, 0.5) is 13.6 Å². The quantitative estimate of drug-likeness (QED) is 0.329. The van der Waals surface area contributed by atoms with E-state index >= 15 is 0 Å². The van der Waals surface area contributed by atoms with Gasteiger partial charge in [0.25, 0.3) is 0 Å². The summed E-state index contributed by atoms with van der Waals surface area (Å²) < 4.78 is 62.3. The second kappa shape index (κ2) is 10.3. The number of hydrogen-bond donors (Lipinski definition) is 2. The first-order valence-corrected chi connectivity index (χ1v) is 12.8. The van der Waals surface area contributed by atoms with Crippen LogP contribution in [0, 0.1) is 11.7 Å². The molecule has 1 saturated heterocycles. The number of sulfonamides is 1. The van der Waals surface area contributed by atoms with E-state index < -0.39 is 33.6 Å². The molecule has 11 heteroatoms. The number of ether oxygens (including phenoxy) is 1. The van der Waals surface area contributed by atoms with E-state index in [0.29, 0.717) is 38.3 Å². The van der Waals surface area contributed by atoms with Crippen LogP contribution in [0.2, 0.25) is 0 Å². The Hall–Kier alpha value is -2.27. The minimum atomic E-state index is -3.84. The molecular weight excluding hydrogens is 456 g/mol. The van der Waals surface area contributed by atoms with Gasteiger partial charge in [-0.1, -0.05) is 12.5 Å². The zero-order valence-corrected chi connectivity index (χ0v) is 19.7. The lowest BCUT2D eigenvalue weighted by molar-refractivity contribution is -0.118. The van der Waals surface area contributed by atoms with Gasteiger partial charge < -0.3 is 9.64 Å². The monoisotopic (exact) mass is 487 g/mol. The zero-order chi connectivity index (χ0) is 24.2. The summed E-state index contributed by atoms with van der Waals surface area (Å²) in [6.45, 7) is 3.26. The SMILES string of the molecule is CC(C)(F)[C@@H](NS(=O)(=O)CCCCCN1CC(=O)NC1=O)c1ccc(F)c(OCC2CC2)c1. The number of imide groups is 1. The average molecular weight is 488 g/mol. The van der Waals surface area contributed by atoms with Crippen molar-refractivity contribution in [1.82, 2.24) is 14.9 Å². The van der Waals surface area contributed by atoms with Gasteiger partial charge >= 0.3 is 6.03 Å². The molecule has 1 aliphatic carbocycles. The Morgan fingerprint density at radius 2 is 1.97 bits per heavy atom. The van der Waals surface area contributed by atoms with E-state index in [1.165, 1.54) is 30.9 Å². The van der Waals surface area contributed by atoms with Crippen molar-refractivity contribution in [1.29, 1.82) is 0 Å². The van der Waals surface area contributed by atoms with Crippen molar-refractivity contribution in [2.45, 2.75) is 57.7 Å². The molecule has 2 N–H and O–H groups in total. The molecular formula is C22H31F2N3O5S. The second-order valence-electron chi connectivity index (χ2n) is 9.21. The molecule has 1 atom stereocenters. The highest BCUT2D eigenvalue weighted by atomic mass is 32.2. The van der Waals surface area contributed by atoms with Crippen molar-refractivity contribution in [3.63, 3.8) is 0 Å². The van der Waals surface area contributed by atoms with E-state index in [9.17, 15) is 26.8 Å². The van der Waals surface area contributed by atoms with E-state index in [0.717, 1.165) is 18.9 Å². The Bertz CT molecular complexity index is 977. The highest BCUT2D eigenvalue weighted by Crippen LogP contribution is 2.34.